The van der Waals surface area contributed by atoms with Gasteiger partial charge in [0.2, 0.25) is 0 Å². The molecule has 1 aromatic heterocycles. The lowest BCUT2D eigenvalue weighted by atomic mass is 10.0. The van der Waals surface area contributed by atoms with Crippen molar-refractivity contribution in [3.05, 3.63) is 52.3 Å². The third-order valence-corrected chi connectivity index (χ3v) is 3.76. The van der Waals surface area contributed by atoms with Crippen LogP contribution in [0.3, 0.4) is 0 Å². The molecule has 2 rings (SSSR count). The number of imidazole rings is 1. The number of nitrogens with two attached hydrogens (primary N) is 1. The fourth-order valence-electron chi connectivity index (χ4n) is 1.93. The van der Waals surface area contributed by atoms with E-state index in [1.807, 2.05) is 16.8 Å². The van der Waals surface area contributed by atoms with Gasteiger partial charge >= 0.3 is 0 Å². The highest BCUT2D eigenvalue weighted by Gasteiger charge is 2.15. The van der Waals surface area contributed by atoms with Crippen molar-refractivity contribution < 1.29 is 4.39 Å². The molecule has 0 saturated heterocycles. The molecule has 96 valence electrons. The molecule has 1 atom stereocenters. The minimum atomic E-state index is -0.290. The van der Waals surface area contributed by atoms with Gasteiger partial charge < -0.3 is 10.3 Å². The molecule has 1 heterocycles. The Morgan fingerprint density at radius 1 is 1.50 bits per heavy atom. The molecule has 0 saturated carbocycles. The molecular weight excluding hydrogens is 297 g/mol. The van der Waals surface area contributed by atoms with Gasteiger partial charge in [-0.1, -0.05) is 12.1 Å². The summed E-state index contributed by atoms with van der Waals surface area (Å²) in [6, 6.07) is 4.63. The zero-order chi connectivity index (χ0) is 13.1. The molecule has 0 aliphatic heterocycles. The second-order valence-electron chi connectivity index (χ2n) is 4.08. The minimum Gasteiger partial charge on any atom is -0.335 e. The lowest BCUT2D eigenvalue weighted by Crippen LogP contribution is -2.17. The van der Waals surface area contributed by atoms with Gasteiger partial charge in [-0.25, -0.2) is 9.37 Å². The van der Waals surface area contributed by atoms with Crippen molar-refractivity contribution in [1.82, 2.24) is 9.55 Å². The number of hydrogen-bond acceptors (Lipinski definition) is 2. The normalized spacial score (nSPS) is 12.7. The number of aryl methyl sites for hydroxylation is 1. The Morgan fingerprint density at radius 3 is 3.00 bits per heavy atom. The average molecular weight is 312 g/mol. The number of halogens is 2. The largest absolute Gasteiger partial charge is 0.335 e. The zero-order valence-corrected chi connectivity index (χ0v) is 11.7. The second-order valence-corrected chi connectivity index (χ2v) is 4.88. The van der Waals surface area contributed by atoms with Gasteiger partial charge in [-0.2, -0.15) is 0 Å². The summed E-state index contributed by atoms with van der Waals surface area (Å²) in [5.41, 5.74) is 6.89. The molecule has 0 radical (unpaired) electrons. The Morgan fingerprint density at radius 2 is 2.28 bits per heavy atom. The molecule has 0 amide bonds. The molecule has 18 heavy (non-hydrogen) atoms. The topological polar surface area (TPSA) is 43.8 Å². The summed E-state index contributed by atoms with van der Waals surface area (Å²) in [6.07, 6.45) is 4.26. The Balaban J connectivity index is 2.22. The maximum atomic E-state index is 13.4. The summed E-state index contributed by atoms with van der Waals surface area (Å²) >= 11 is 3.24. The summed E-state index contributed by atoms with van der Waals surface area (Å²) < 4.78 is 15.9. The molecule has 2 aromatic rings. The van der Waals surface area contributed by atoms with Crippen LogP contribution in [-0.4, -0.2) is 9.55 Å². The van der Waals surface area contributed by atoms with Crippen LogP contribution in [0.15, 0.2) is 35.1 Å². The Hall–Kier alpha value is -1.20. The van der Waals surface area contributed by atoms with Crippen molar-refractivity contribution in [2.24, 2.45) is 5.73 Å². The minimum absolute atomic E-state index is 0.275. The van der Waals surface area contributed by atoms with Crippen LogP contribution in [0.2, 0.25) is 0 Å². The predicted molar refractivity (Wildman–Crippen MR) is 72.6 cm³/mol. The van der Waals surface area contributed by atoms with E-state index in [1.54, 1.807) is 12.3 Å². The maximum absolute atomic E-state index is 13.4. The number of benzene rings is 1. The van der Waals surface area contributed by atoms with Crippen LogP contribution < -0.4 is 5.73 Å². The van der Waals surface area contributed by atoms with E-state index in [0.29, 0.717) is 10.9 Å². The van der Waals surface area contributed by atoms with Crippen molar-refractivity contribution in [3.63, 3.8) is 0 Å². The lowest BCUT2D eigenvalue weighted by Gasteiger charge is -2.14. The van der Waals surface area contributed by atoms with Crippen molar-refractivity contribution >= 4 is 15.9 Å². The second kappa shape index (κ2) is 5.63. The fourth-order valence-corrected chi connectivity index (χ4v) is 2.49. The van der Waals surface area contributed by atoms with Crippen LogP contribution in [0.5, 0.6) is 0 Å². The van der Waals surface area contributed by atoms with Crippen molar-refractivity contribution in [1.29, 1.82) is 0 Å². The molecule has 1 aromatic carbocycles. The molecule has 1 unspecified atom stereocenters. The Kier molecular flexibility index (Phi) is 4.14. The van der Waals surface area contributed by atoms with E-state index in [4.69, 9.17) is 5.73 Å². The van der Waals surface area contributed by atoms with Gasteiger partial charge in [0.05, 0.1) is 4.47 Å². The van der Waals surface area contributed by atoms with Crippen molar-refractivity contribution in [2.75, 3.05) is 0 Å². The van der Waals surface area contributed by atoms with Gasteiger partial charge in [-0.05, 0) is 34.5 Å². The highest BCUT2D eigenvalue weighted by molar-refractivity contribution is 9.10. The highest BCUT2D eigenvalue weighted by atomic mass is 79.9. The molecule has 0 aliphatic rings. The van der Waals surface area contributed by atoms with Gasteiger partial charge in [-0.15, -0.1) is 0 Å². The molecule has 0 aliphatic carbocycles. The van der Waals surface area contributed by atoms with E-state index in [9.17, 15) is 4.39 Å². The summed E-state index contributed by atoms with van der Waals surface area (Å²) in [5, 5.41) is 0. The van der Waals surface area contributed by atoms with E-state index in [1.165, 1.54) is 6.07 Å². The van der Waals surface area contributed by atoms with Crippen molar-refractivity contribution in [2.45, 2.75) is 25.9 Å². The third-order valence-electron chi connectivity index (χ3n) is 2.93. The Bertz CT molecular complexity index is 539. The molecular formula is C13H15BrFN3. The van der Waals surface area contributed by atoms with Crippen LogP contribution in [0.25, 0.3) is 0 Å². The quantitative estimate of drug-likeness (QED) is 0.943. The first-order valence-electron chi connectivity index (χ1n) is 5.83. The van der Waals surface area contributed by atoms with Crippen LogP contribution in [0.1, 0.15) is 24.4 Å². The first-order valence-corrected chi connectivity index (χ1v) is 6.62. The fraction of sp³-hybridized carbons (Fsp3) is 0.308. The maximum Gasteiger partial charge on any atom is 0.137 e. The first-order chi connectivity index (χ1) is 8.63. The van der Waals surface area contributed by atoms with Crippen LogP contribution in [0.4, 0.5) is 4.39 Å². The number of aromatic nitrogens is 2. The van der Waals surface area contributed by atoms with E-state index >= 15 is 0 Å². The summed E-state index contributed by atoms with van der Waals surface area (Å²) in [4.78, 5) is 4.28. The van der Waals surface area contributed by atoms with Crippen LogP contribution >= 0.6 is 15.9 Å². The van der Waals surface area contributed by atoms with E-state index < -0.39 is 0 Å². The van der Waals surface area contributed by atoms with Gasteiger partial charge in [0.1, 0.15) is 11.6 Å². The number of rotatable bonds is 4. The highest BCUT2D eigenvalue weighted by Crippen LogP contribution is 2.26. The van der Waals surface area contributed by atoms with E-state index in [-0.39, 0.29) is 11.9 Å². The third kappa shape index (κ3) is 2.62. The molecule has 0 spiro atoms. The zero-order valence-electron chi connectivity index (χ0n) is 10.1. The standard InChI is InChI=1S/C13H15BrFN3/c1-2-18-7-6-17-12(18)8-11(16)9-4-3-5-10(15)13(9)14/h3-7,11H,2,8,16H2,1H3. The molecule has 3 nitrogen and oxygen atoms in total. The summed E-state index contributed by atoms with van der Waals surface area (Å²) in [7, 11) is 0. The van der Waals surface area contributed by atoms with Crippen LogP contribution in [-0.2, 0) is 13.0 Å². The predicted octanol–water partition coefficient (Wildman–Crippen LogP) is 3.05. The molecule has 5 heteroatoms. The van der Waals surface area contributed by atoms with E-state index in [0.717, 1.165) is 17.9 Å². The van der Waals surface area contributed by atoms with Gasteiger partial charge in [0.25, 0.3) is 0 Å². The number of nitrogens with zero attached hydrogens (tertiary/aromatic N) is 2. The average Bonchev–Trinajstić information content (AvgIpc) is 2.79. The van der Waals surface area contributed by atoms with Crippen molar-refractivity contribution in [3.8, 4) is 0 Å². The SMILES string of the molecule is CCn1ccnc1CC(N)c1cccc(F)c1Br. The summed E-state index contributed by atoms with van der Waals surface area (Å²) in [6.45, 7) is 2.90. The van der Waals surface area contributed by atoms with Gasteiger partial charge in [-0.3, -0.25) is 0 Å². The summed E-state index contributed by atoms with van der Waals surface area (Å²) in [5.74, 6) is 0.628. The van der Waals surface area contributed by atoms with Gasteiger partial charge in [0.15, 0.2) is 0 Å². The van der Waals surface area contributed by atoms with Crippen LogP contribution in [0, 0.1) is 5.82 Å². The monoisotopic (exact) mass is 311 g/mol. The molecule has 0 fully saturated rings. The number of hydrogen-bond donors (Lipinski definition) is 1. The first kappa shape index (κ1) is 13.2. The molecule has 0 bridgehead atoms. The Labute approximate surface area is 114 Å². The van der Waals surface area contributed by atoms with E-state index in [2.05, 4.69) is 27.8 Å². The smallest absolute Gasteiger partial charge is 0.137 e. The lowest BCUT2D eigenvalue weighted by molar-refractivity contribution is 0.598. The molecule has 2 N–H and O–H groups in total. The van der Waals surface area contributed by atoms with Gasteiger partial charge in [0, 0.05) is 31.4 Å².